The summed E-state index contributed by atoms with van der Waals surface area (Å²) in [6.45, 7) is 1.82. The van der Waals surface area contributed by atoms with Gasteiger partial charge in [-0.05, 0) is 35.0 Å². The molecule has 0 bridgehead atoms. The summed E-state index contributed by atoms with van der Waals surface area (Å²) in [5, 5.41) is 10.1. The zero-order valence-corrected chi connectivity index (χ0v) is 11.1. The molecule has 0 aromatic carbocycles. The lowest BCUT2D eigenvalue weighted by molar-refractivity contribution is 0.976. The van der Waals surface area contributed by atoms with Crippen LogP contribution in [-0.2, 0) is 0 Å². The van der Waals surface area contributed by atoms with E-state index in [0.717, 1.165) is 5.69 Å². The van der Waals surface area contributed by atoms with Gasteiger partial charge in [0.1, 0.15) is 4.47 Å². The van der Waals surface area contributed by atoms with Crippen molar-refractivity contribution in [2.45, 2.75) is 6.92 Å². The lowest BCUT2D eigenvalue weighted by Gasteiger charge is -2.03. The van der Waals surface area contributed by atoms with E-state index < -0.39 is 0 Å². The molecule has 6 nitrogen and oxygen atoms in total. The number of nitrogens with one attached hydrogen (secondary N) is 2. The first kappa shape index (κ1) is 12.4. The van der Waals surface area contributed by atoms with E-state index in [0.29, 0.717) is 15.9 Å². The van der Waals surface area contributed by atoms with Crippen molar-refractivity contribution < 1.29 is 0 Å². The molecule has 0 spiro atoms. The Hall–Kier alpha value is -2.02. The quantitative estimate of drug-likeness (QED) is 0.668. The smallest absolute Gasteiger partial charge is 0.275 e. The number of hydrogen-bond acceptors (Lipinski definition) is 5. The number of nitrogens with zero attached hydrogens (tertiary/aromatic N) is 3. The molecule has 2 aromatic rings. The Balaban J connectivity index is 2.21. The highest BCUT2D eigenvalue weighted by atomic mass is 79.9. The molecule has 0 unspecified atom stereocenters. The highest BCUT2D eigenvalue weighted by molar-refractivity contribution is 9.10. The molecule has 2 aromatic heterocycles. The highest BCUT2D eigenvalue weighted by Gasteiger charge is 2.03. The van der Waals surface area contributed by atoms with Crippen LogP contribution < -0.4 is 11.0 Å². The van der Waals surface area contributed by atoms with Crippen LogP contribution in [-0.4, -0.2) is 20.9 Å². The molecule has 2 heterocycles. The van der Waals surface area contributed by atoms with Crippen LogP contribution in [0.3, 0.4) is 0 Å². The Morgan fingerprint density at radius 3 is 3.06 bits per heavy atom. The number of hydrogen-bond donors (Lipinski definition) is 2. The lowest BCUT2D eigenvalue weighted by Crippen LogP contribution is -2.11. The number of hydrazone groups is 1. The van der Waals surface area contributed by atoms with Crippen LogP contribution in [0.25, 0.3) is 0 Å². The van der Waals surface area contributed by atoms with Crippen molar-refractivity contribution in [3.8, 4) is 0 Å². The Bertz CT molecular complexity index is 623. The monoisotopic (exact) mass is 307 g/mol. The van der Waals surface area contributed by atoms with E-state index in [-0.39, 0.29) is 5.56 Å². The Kier molecular flexibility index (Phi) is 3.83. The van der Waals surface area contributed by atoms with E-state index >= 15 is 0 Å². The predicted molar refractivity (Wildman–Crippen MR) is 72.6 cm³/mol. The highest BCUT2D eigenvalue weighted by Crippen LogP contribution is 2.15. The summed E-state index contributed by atoms with van der Waals surface area (Å²) >= 11 is 3.16. The lowest BCUT2D eigenvalue weighted by atomic mass is 10.3. The van der Waals surface area contributed by atoms with Gasteiger partial charge in [-0.3, -0.25) is 15.2 Å². The summed E-state index contributed by atoms with van der Waals surface area (Å²) in [7, 11) is 0. The average Bonchev–Trinajstić information content (AvgIpc) is 2.41. The minimum Gasteiger partial charge on any atom is -0.275 e. The van der Waals surface area contributed by atoms with E-state index in [4.69, 9.17) is 0 Å². The van der Waals surface area contributed by atoms with Gasteiger partial charge in [-0.1, -0.05) is 6.07 Å². The van der Waals surface area contributed by atoms with Crippen LogP contribution >= 0.6 is 15.9 Å². The molecule has 18 heavy (non-hydrogen) atoms. The Morgan fingerprint density at radius 2 is 2.33 bits per heavy atom. The maximum Gasteiger partial charge on any atom is 0.280 e. The molecule has 0 aliphatic carbocycles. The van der Waals surface area contributed by atoms with Crippen molar-refractivity contribution in [2.75, 3.05) is 5.43 Å². The van der Waals surface area contributed by atoms with Gasteiger partial charge in [0.25, 0.3) is 5.56 Å². The normalized spacial score (nSPS) is 11.3. The summed E-state index contributed by atoms with van der Waals surface area (Å²) in [5.74, 6) is 0. The number of anilines is 1. The summed E-state index contributed by atoms with van der Waals surface area (Å²) in [4.78, 5) is 15.5. The van der Waals surface area contributed by atoms with Gasteiger partial charge in [-0.25, -0.2) is 5.10 Å². The Labute approximate surface area is 111 Å². The molecule has 7 heteroatoms. The van der Waals surface area contributed by atoms with Crippen LogP contribution in [0.1, 0.15) is 12.6 Å². The summed E-state index contributed by atoms with van der Waals surface area (Å²) < 4.78 is 0.357. The number of H-pyrrole nitrogens is 1. The standard InChI is InChI=1S/C11H10BrN5O/c1-7(8-4-2-3-5-13-8)15-16-9-6-14-17-11(18)10(9)12/h2-6H,1H3,(H2,16,17,18). The fourth-order valence-corrected chi connectivity index (χ4v) is 1.52. The van der Waals surface area contributed by atoms with Crippen molar-refractivity contribution in [1.82, 2.24) is 15.2 Å². The summed E-state index contributed by atoms with van der Waals surface area (Å²) in [5.41, 5.74) is 4.42. The van der Waals surface area contributed by atoms with Crippen molar-refractivity contribution in [2.24, 2.45) is 5.10 Å². The summed E-state index contributed by atoms with van der Waals surface area (Å²) in [6, 6.07) is 5.57. The van der Waals surface area contributed by atoms with E-state index in [1.54, 1.807) is 6.20 Å². The molecule has 0 aliphatic heterocycles. The van der Waals surface area contributed by atoms with Crippen molar-refractivity contribution in [3.63, 3.8) is 0 Å². The van der Waals surface area contributed by atoms with Crippen LogP contribution in [0.15, 0.2) is 45.0 Å². The first-order valence-electron chi connectivity index (χ1n) is 5.13. The average molecular weight is 308 g/mol. The predicted octanol–water partition coefficient (Wildman–Crippen LogP) is 1.76. The van der Waals surface area contributed by atoms with Gasteiger partial charge >= 0.3 is 0 Å². The van der Waals surface area contributed by atoms with Gasteiger partial charge in [0, 0.05) is 6.20 Å². The van der Waals surface area contributed by atoms with Crippen LogP contribution in [0.4, 0.5) is 5.69 Å². The SMILES string of the molecule is CC(=NNc1cn[nH]c(=O)c1Br)c1ccccn1. The molecule has 0 saturated carbocycles. The molecule has 0 radical (unpaired) electrons. The fraction of sp³-hybridized carbons (Fsp3) is 0.0909. The van der Waals surface area contributed by atoms with E-state index in [9.17, 15) is 4.79 Å². The molecule has 0 fully saturated rings. The largest absolute Gasteiger partial charge is 0.280 e. The third kappa shape index (κ3) is 2.80. The minimum absolute atomic E-state index is 0.314. The zero-order valence-electron chi connectivity index (χ0n) is 9.51. The number of pyridine rings is 1. The Morgan fingerprint density at radius 1 is 1.50 bits per heavy atom. The molecule has 0 amide bonds. The van der Waals surface area contributed by atoms with Crippen molar-refractivity contribution in [3.05, 3.63) is 51.1 Å². The molecule has 0 aliphatic rings. The van der Waals surface area contributed by atoms with Gasteiger partial charge in [0.2, 0.25) is 0 Å². The van der Waals surface area contributed by atoms with Gasteiger partial charge < -0.3 is 0 Å². The second kappa shape index (κ2) is 5.54. The number of halogens is 1. The number of rotatable bonds is 3. The minimum atomic E-state index is -0.314. The second-order valence-corrected chi connectivity index (χ2v) is 4.24. The van der Waals surface area contributed by atoms with Gasteiger partial charge in [0.15, 0.2) is 0 Å². The maximum absolute atomic E-state index is 11.3. The second-order valence-electron chi connectivity index (χ2n) is 3.45. The third-order valence-corrected chi connectivity index (χ3v) is 2.96. The molecule has 2 rings (SSSR count). The number of aromatic nitrogens is 3. The third-order valence-electron chi connectivity index (χ3n) is 2.18. The first-order chi connectivity index (χ1) is 8.68. The van der Waals surface area contributed by atoms with Crippen LogP contribution in [0.5, 0.6) is 0 Å². The van der Waals surface area contributed by atoms with Crippen molar-refractivity contribution in [1.29, 1.82) is 0 Å². The van der Waals surface area contributed by atoms with Crippen LogP contribution in [0, 0.1) is 0 Å². The summed E-state index contributed by atoms with van der Waals surface area (Å²) in [6.07, 6.45) is 3.17. The molecule has 92 valence electrons. The van der Waals surface area contributed by atoms with E-state index in [2.05, 4.69) is 41.6 Å². The number of aromatic amines is 1. The first-order valence-corrected chi connectivity index (χ1v) is 5.92. The molecular weight excluding hydrogens is 298 g/mol. The van der Waals surface area contributed by atoms with Crippen LogP contribution in [0.2, 0.25) is 0 Å². The molecular formula is C11H10BrN5O. The van der Waals surface area contributed by atoms with E-state index in [1.807, 2.05) is 25.1 Å². The van der Waals surface area contributed by atoms with Gasteiger partial charge in [-0.2, -0.15) is 10.2 Å². The topological polar surface area (TPSA) is 83.0 Å². The van der Waals surface area contributed by atoms with Crippen molar-refractivity contribution >= 4 is 27.3 Å². The molecule has 0 atom stereocenters. The molecule has 0 saturated heterocycles. The van der Waals surface area contributed by atoms with Gasteiger partial charge in [0.05, 0.1) is 23.3 Å². The molecule has 2 N–H and O–H groups in total. The zero-order chi connectivity index (χ0) is 13.0. The van der Waals surface area contributed by atoms with Gasteiger partial charge in [-0.15, -0.1) is 0 Å². The fourth-order valence-electron chi connectivity index (χ4n) is 1.24. The van der Waals surface area contributed by atoms with E-state index in [1.165, 1.54) is 6.20 Å². The maximum atomic E-state index is 11.3.